The van der Waals surface area contributed by atoms with Crippen LogP contribution < -0.4 is 0 Å². The van der Waals surface area contributed by atoms with Crippen LogP contribution in [0.2, 0.25) is 0 Å². The lowest BCUT2D eigenvalue weighted by Gasteiger charge is -2.19. The smallest absolute Gasteiger partial charge is 0.306 e. The van der Waals surface area contributed by atoms with Crippen LogP contribution in [0.5, 0.6) is 0 Å². The Labute approximate surface area is 183 Å². The third-order valence-corrected chi connectivity index (χ3v) is 5.53. The molecule has 0 heterocycles. The molecule has 0 aliphatic heterocycles. The average Bonchev–Trinajstić information content (AvgIpc) is 2.71. The highest BCUT2D eigenvalue weighted by atomic mass is 16.6. The largest absolute Gasteiger partial charge is 0.462 e. The molecule has 0 radical (unpaired) electrons. The van der Waals surface area contributed by atoms with Crippen molar-refractivity contribution in [2.24, 2.45) is 17.8 Å². The summed E-state index contributed by atoms with van der Waals surface area (Å²) in [5, 5.41) is 0. The fourth-order valence-corrected chi connectivity index (χ4v) is 2.88. The van der Waals surface area contributed by atoms with E-state index in [1.54, 1.807) is 0 Å². The van der Waals surface area contributed by atoms with Crippen molar-refractivity contribution >= 4 is 17.9 Å². The van der Waals surface area contributed by atoms with E-state index in [0.717, 1.165) is 38.5 Å². The third-order valence-electron chi connectivity index (χ3n) is 5.53. The Kier molecular flexibility index (Phi) is 16.2. The van der Waals surface area contributed by atoms with E-state index < -0.39 is 6.10 Å². The zero-order chi connectivity index (χ0) is 22.9. The van der Waals surface area contributed by atoms with Crippen molar-refractivity contribution in [3.63, 3.8) is 0 Å². The minimum absolute atomic E-state index is 0.0911. The van der Waals surface area contributed by atoms with E-state index in [1.807, 2.05) is 6.92 Å². The summed E-state index contributed by atoms with van der Waals surface area (Å²) in [6.45, 7) is 12.2. The molecule has 0 saturated heterocycles. The maximum absolute atomic E-state index is 12.2. The van der Waals surface area contributed by atoms with Gasteiger partial charge in [-0.1, -0.05) is 67.2 Å². The van der Waals surface area contributed by atoms with Crippen molar-refractivity contribution in [3.05, 3.63) is 0 Å². The maximum Gasteiger partial charge on any atom is 0.306 e. The summed E-state index contributed by atoms with van der Waals surface area (Å²) >= 11 is 0. The van der Waals surface area contributed by atoms with E-state index in [4.69, 9.17) is 14.2 Å². The summed E-state index contributed by atoms with van der Waals surface area (Å²) in [5.74, 6) is 0.146. The fraction of sp³-hybridized carbons (Fsp3) is 0.875. The molecule has 6 nitrogen and oxygen atoms in total. The summed E-state index contributed by atoms with van der Waals surface area (Å²) in [4.78, 5) is 36.2. The first-order valence-corrected chi connectivity index (χ1v) is 11.7. The highest BCUT2D eigenvalue weighted by Crippen LogP contribution is 2.14. The molecule has 0 aromatic rings. The van der Waals surface area contributed by atoms with Gasteiger partial charge in [0.1, 0.15) is 13.2 Å². The number of ether oxygens (including phenoxy) is 3. The average molecular weight is 429 g/mol. The predicted molar refractivity (Wildman–Crippen MR) is 118 cm³/mol. The van der Waals surface area contributed by atoms with E-state index >= 15 is 0 Å². The van der Waals surface area contributed by atoms with E-state index in [9.17, 15) is 14.4 Å². The number of carbonyl (C=O) groups excluding carboxylic acids is 3. The Hall–Kier alpha value is -1.59. The predicted octanol–water partition coefficient (Wildman–Crippen LogP) is 5.46. The van der Waals surface area contributed by atoms with Gasteiger partial charge in [-0.2, -0.15) is 0 Å². The first kappa shape index (κ1) is 28.4. The summed E-state index contributed by atoms with van der Waals surface area (Å²) in [6, 6.07) is 0. The lowest BCUT2D eigenvalue weighted by atomic mass is 10.0. The number of hydrogen-bond acceptors (Lipinski definition) is 6. The zero-order valence-electron chi connectivity index (χ0n) is 20.0. The van der Waals surface area contributed by atoms with Crippen molar-refractivity contribution in [2.45, 2.75) is 105 Å². The van der Waals surface area contributed by atoms with Crippen molar-refractivity contribution in [1.29, 1.82) is 0 Å². The minimum Gasteiger partial charge on any atom is -0.462 e. The highest BCUT2D eigenvalue weighted by molar-refractivity contribution is 5.71. The molecule has 0 aliphatic rings. The summed E-state index contributed by atoms with van der Waals surface area (Å²) in [5.41, 5.74) is 0. The molecule has 0 aliphatic carbocycles. The zero-order valence-corrected chi connectivity index (χ0v) is 20.0. The van der Waals surface area contributed by atoms with Crippen LogP contribution in [0.25, 0.3) is 0 Å². The molecule has 0 amide bonds. The van der Waals surface area contributed by atoms with Crippen molar-refractivity contribution < 1.29 is 28.6 Å². The molecule has 176 valence electrons. The van der Waals surface area contributed by atoms with Gasteiger partial charge >= 0.3 is 17.9 Å². The van der Waals surface area contributed by atoms with E-state index in [1.165, 1.54) is 0 Å². The van der Waals surface area contributed by atoms with Crippen molar-refractivity contribution in [1.82, 2.24) is 0 Å². The Bertz CT molecular complexity index is 490. The third kappa shape index (κ3) is 15.3. The SMILES string of the molecule is CCCC(C)CC(=O)OCC(COC(=O)CCC(C)CC)OC(=O)CCC(C)CC. The quantitative estimate of drug-likeness (QED) is 0.226. The molecule has 0 N–H and O–H groups in total. The van der Waals surface area contributed by atoms with Crippen LogP contribution in [-0.2, 0) is 28.6 Å². The van der Waals surface area contributed by atoms with Gasteiger partial charge in [-0.15, -0.1) is 0 Å². The minimum atomic E-state index is -0.771. The molecule has 0 rings (SSSR count). The van der Waals surface area contributed by atoms with Gasteiger partial charge in [-0.25, -0.2) is 0 Å². The molecule has 0 fully saturated rings. The second kappa shape index (κ2) is 17.1. The Balaban J connectivity index is 4.61. The Morgan fingerprint density at radius 1 is 0.667 bits per heavy atom. The second-order valence-electron chi connectivity index (χ2n) is 8.68. The molecule has 6 heteroatoms. The van der Waals surface area contributed by atoms with Gasteiger partial charge < -0.3 is 14.2 Å². The van der Waals surface area contributed by atoms with Gasteiger partial charge in [0, 0.05) is 19.3 Å². The van der Waals surface area contributed by atoms with E-state index in [2.05, 4.69) is 34.6 Å². The summed E-state index contributed by atoms with van der Waals surface area (Å²) < 4.78 is 16.1. The summed E-state index contributed by atoms with van der Waals surface area (Å²) in [7, 11) is 0. The molecule has 0 aromatic heterocycles. The molecule has 4 unspecified atom stereocenters. The highest BCUT2D eigenvalue weighted by Gasteiger charge is 2.20. The van der Waals surface area contributed by atoms with Gasteiger partial charge in [-0.3, -0.25) is 14.4 Å². The van der Waals surface area contributed by atoms with Gasteiger partial charge in [0.25, 0.3) is 0 Å². The van der Waals surface area contributed by atoms with Gasteiger partial charge in [-0.05, 0) is 30.6 Å². The van der Waals surface area contributed by atoms with Crippen LogP contribution in [0.1, 0.15) is 99.3 Å². The van der Waals surface area contributed by atoms with Crippen LogP contribution in [0.3, 0.4) is 0 Å². The molecule has 30 heavy (non-hydrogen) atoms. The summed E-state index contributed by atoms with van der Waals surface area (Å²) in [6.07, 6.45) is 5.67. The van der Waals surface area contributed by atoms with E-state index in [-0.39, 0.29) is 37.0 Å². The van der Waals surface area contributed by atoms with Crippen LogP contribution in [-0.4, -0.2) is 37.2 Å². The number of esters is 3. The molecule has 4 atom stereocenters. The van der Waals surface area contributed by atoms with Crippen LogP contribution >= 0.6 is 0 Å². The monoisotopic (exact) mass is 428 g/mol. The van der Waals surface area contributed by atoms with Crippen molar-refractivity contribution in [2.75, 3.05) is 13.2 Å². The van der Waals surface area contributed by atoms with Crippen LogP contribution in [0.4, 0.5) is 0 Å². The molecular formula is C24H44O6. The number of hydrogen-bond donors (Lipinski definition) is 0. The Morgan fingerprint density at radius 3 is 1.67 bits per heavy atom. The molecule has 0 aromatic carbocycles. The molecule has 0 bridgehead atoms. The van der Waals surface area contributed by atoms with Gasteiger partial charge in [0.05, 0.1) is 0 Å². The normalized spacial score (nSPS) is 15.0. The number of rotatable bonds is 17. The van der Waals surface area contributed by atoms with Crippen LogP contribution in [0.15, 0.2) is 0 Å². The maximum atomic E-state index is 12.2. The second-order valence-corrected chi connectivity index (χ2v) is 8.68. The van der Waals surface area contributed by atoms with Crippen molar-refractivity contribution in [3.8, 4) is 0 Å². The topological polar surface area (TPSA) is 78.9 Å². The molecular weight excluding hydrogens is 384 g/mol. The Morgan fingerprint density at radius 2 is 1.17 bits per heavy atom. The van der Waals surface area contributed by atoms with Gasteiger partial charge in [0.15, 0.2) is 6.10 Å². The standard InChI is InChI=1S/C24H44O6/c1-7-10-20(6)15-24(27)29-17-21(30-23(26)14-12-19(5)9-3)16-28-22(25)13-11-18(4)8-2/h18-21H,7-17H2,1-6H3. The molecule has 0 spiro atoms. The fourth-order valence-electron chi connectivity index (χ4n) is 2.88. The number of carbonyl (C=O) groups is 3. The van der Waals surface area contributed by atoms with Crippen LogP contribution in [0, 0.1) is 17.8 Å². The lowest BCUT2D eigenvalue weighted by molar-refractivity contribution is -0.167. The lowest BCUT2D eigenvalue weighted by Crippen LogP contribution is -2.31. The first-order valence-electron chi connectivity index (χ1n) is 11.7. The van der Waals surface area contributed by atoms with Gasteiger partial charge in [0.2, 0.25) is 0 Å². The first-order chi connectivity index (χ1) is 14.2. The van der Waals surface area contributed by atoms with E-state index in [0.29, 0.717) is 31.1 Å². The molecule has 0 saturated carbocycles.